The third-order valence-corrected chi connectivity index (χ3v) is 6.42. The molecule has 1 fully saturated rings. The Labute approximate surface area is 192 Å². The monoisotopic (exact) mass is 448 g/mol. The van der Waals surface area contributed by atoms with Crippen LogP contribution in [0.2, 0.25) is 5.02 Å². The van der Waals surface area contributed by atoms with Crippen molar-refractivity contribution >= 4 is 23.3 Å². The SMILES string of the molecule is Cc1ccc(-n2nc(C)c(CC(=O)N3CCN(c4ncccc4C#N)CC3)c2C)cc1Cl. The van der Waals surface area contributed by atoms with Gasteiger partial charge in [0.2, 0.25) is 5.91 Å². The number of piperazine rings is 1. The lowest BCUT2D eigenvalue weighted by atomic mass is 10.1. The lowest BCUT2D eigenvalue weighted by molar-refractivity contribution is -0.130. The highest BCUT2D eigenvalue weighted by atomic mass is 35.5. The highest BCUT2D eigenvalue weighted by Crippen LogP contribution is 2.24. The van der Waals surface area contributed by atoms with E-state index in [1.807, 2.05) is 48.6 Å². The average Bonchev–Trinajstić information content (AvgIpc) is 3.09. The first-order chi connectivity index (χ1) is 15.4. The largest absolute Gasteiger partial charge is 0.352 e. The topological polar surface area (TPSA) is 78.1 Å². The van der Waals surface area contributed by atoms with Crippen LogP contribution in [0.5, 0.6) is 0 Å². The summed E-state index contributed by atoms with van der Waals surface area (Å²) >= 11 is 6.30. The molecule has 3 heterocycles. The Morgan fingerprint density at radius 2 is 1.91 bits per heavy atom. The first-order valence-electron chi connectivity index (χ1n) is 10.6. The van der Waals surface area contributed by atoms with Gasteiger partial charge in [0.05, 0.1) is 23.4 Å². The number of hydrogen-bond acceptors (Lipinski definition) is 5. The van der Waals surface area contributed by atoms with Crippen LogP contribution in [0.25, 0.3) is 5.69 Å². The second-order valence-electron chi connectivity index (χ2n) is 8.03. The van der Waals surface area contributed by atoms with Crippen LogP contribution in [0, 0.1) is 32.1 Å². The summed E-state index contributed by atoms with van der Waals surface area (Å²) in [4.78, 5) is 21.4. The Kier molecular flexibility index (Phi) is 6.15. The molecule has 3 aromatic rings. The molecule has 0 unspecified atom stereocenters. The number of benzene rings is 1. The van der Waals surface area contributed by atoms with E-state index in [1.165, 1.54) is 0 Å². The predicted molar refractivity (Wildman–Crippen MR) is 124 cm³/mol. The van der Waals surface area contributed by atoms with Crippen LogP contribution < -0.4 is 4.90 Å². The van der Waals surface area contributed by atoms with Crippen molar-refractivity contribution < 1.29 is 4.79 Å². The summed E-state index contributed by atoms with van der Waals surface area (Å²) in [7, 11) is 0. The fourth-order valence-corrected chi connectivity index (χ4v) is 4.24. The molecule has 1 saturated heterocycles. The maximum absolute atomic E-state index is 13.1. The van der Waals surface area contributed by atoms with Gasteiger partial charge in [-0.25, -0.2) is 9.67 Å². The smallest absolute Gasteiger partial charge is 0.227 e. The van der Waals surface area contributed by atoms with Crippen molar-refractivity contribution in [1.82, 2.24) is 19.7 Å². The fraction of sp³-hybridized carbons (Fsp3) is 0.333. The molecule has 4 rings (SSSR count). The van der Waals surface area contributed by atoms with Gasteiger partial charge in [0.15, 0.2) is 0 Å². The van der Waals surface area contributed by atoms with Gasteiger partial charge in [0.1, 0.15) is 11.9 Å². The minimum atomic E-state index is 0.0823. The molecule has 0 spiro atoms. The molecule has 8 heteroatoms. The van der Waals surface area contributed by atoms with Crippen molar-refractivity contribution in [3.63, 3.8) is 0 Å². The van der Waals surface area contributed by atoms with Crippen molar-refractivity contribution in [2.24, 2.45) is 0 Å². The van der Waals surface area contributed by atoms with Crippen LogP contribution in [0.15, 0.2) is 36.5 Å². The molecule has 0 bridgehead atoms. The number of anilines is 1. The second kappa shape index (κ2) is 9.01. The molecule has 0 aliphatic carbocycles. The normalized spacial score (nSPS) is 13.8. The zero-order valence-electron chi connectivity index (χ0n) is 18.5. The van der Waals surface area contributed by atoms with E-state index in [-0.39, 0.29) is 5.91 Å². The Balaban J connectivity index is 1.45. The first-order valence-corrected chi connectivity index (χ1v) is 11.0. The number of aromatic nitrogens is 3. The maximum atomic E-state index is 13.1. The van der Waals surface area contributed by atoms with E-state index in [9.17, 15) is 10.1 Å². The zero-order valence-corrected chi connectivity index (χ0v) is 19.2. The van der Waals surface area contributed by atoms with Gasteiger partial charge in [-0.1, -0.05) is 17.7 Å². The fourth-order valence-electron chi connectivity index (χ4n) is 4.06. The Morgan fingerprint density at radius 3 is 2.59 bits per heavy atom. The summed E-state index contributed by atoms with van der Waals surface area (Å²) in [6.45, 7) is 8.38. The molecule has 0 N–H and O–H groups in total. The summed E-state index contributed by atoms with van der Waals surface area (Å²) in [6.07, 6.45) is 2.00. The number of aryl methyl sites for hydroxylation is 2. The number of hydrogen-bond donors (Lipinski definition) is 0. The van der Waals surface area contributed by atoms with Crippen LogP contribution in [-0.2, 0) is 11.2 Å². The summed E-state index contributed by atoms with van der Waals surface area (Å²) < 4.78 is 1.85. The van der Waals surface area contributed by atoms with E-state index in [4.69, 9.17) is 11.6 Å². The number of pyridine rings is 1. The third-order valence-electron chi connectivity index (χ3n) is 6.01. The van der Waals surface area contributed by atoms with E-state index < -0.39 is 0 Å². The molecular formula is C24H25ClN6O. The minimum absolute atomic E-state index is 0.0823. The van der Waals surface area contributed by atoms with Gasteiger partial charge in [-0.15, -0.1) is 0 Å². The maximum Gasteiger partial charge on any atom is 0.227 e. The van der Waals surface area contributed by atoms with Gasteiger partial charge >= 0.3 is 0 Å². The van der Waals surface area contributed by atoms with Gasteiger partial charge in [-0.2, -0.15) is 10.4 Å². The molecule has 0 atom stereocenters. The van der Waals surface area contributed by atoms with E-state index in [0.29, 0.717) is 49.0 Å². The molecule has 1 aliphatic heterocycles. The Morgan fingerprint density at radius 1 is 1.16 bits per heavy atom. The van der Waals surface area contributed by atoms with Gasteiger partial charge in [-0.3, -0.25) is 4.79 Å². The molecule has 0 saturated carbocycles. The molecule has 1 aliphatic rings. The van der Waals surface area contributed by atoms with Gasteiger partial charge in [0, 0.05) is 48.7 Å². The molecule has 0 radical (unpaired) electrons. The Bertz CT molecular complexity index is 1200. The number of amides is 1. The zero-order chi connectivity index (χ0) is 22.8. The number of carbonyl (C=O) groups is 1. The van der Waals surface area contributed by atoms with E-state index in [2.05, 4.69) is 21.1 Å². The lowest BCUT2D eigenvalue weighted by Crippen LogP contribution is -2.49. The highest BCUT2D eigenvalue weighted by molar-refractivity contribution is 6.31. The van der Waals surface area contributed by atoms with Crippen LogP contribution in [0.4, 0.5) is 5.82 Å². The van der Waals surface area contributed by atoms with Crippen molar-refractivity contribution in [3.8, 4) is 11.8 Å². The lowest BCUT2D eigenvalue weighted by Gasteiger charge is -2.35. The summed E-state index contributed by atoms with van der Waals surface area (Å²) in [6, 6.07) is 11.6. The highest BCUT2D eigenvalue weighted by Gasteiger charge is 2.25. The van der Waals surface area contributed by atoms with Crippen LogP contribution in [0.3, 0.4) is 0 Å². The Hall–Kier alpha value is -3.37. The molecule has 7 nitrogen and oxygen atoms in total. The molecule has 32 heavy (non-hydrogen) atoms. The standard InChI is InChI=1S/C24H25ClN6O/c1-16-6-7-20(13-22(16)25)31-18(3)21(17(2)28-31)14-23(32)29-9-11-30(12-10-29)24-19(15-26)5-4-8-27-24/h4-8,13H,9-12,14H2,1-3H3. The van der Waals surface area contributed by atoms with Crippen molar-refractivity contribution in [2.75, 3.05) is 31.1 Å². The van der Waals surface area contributed by atoms with Gasteiger partial charge in [0.25, 0.3) is 0 Å². The summed E-state index contributed by atoms with van der Waals surface area (Å²) in [5, 5.41) is 14.7. The average molecular weight is 449 g/mol. The van der Waals surface area contributed by atoms with Gasteiger partial charge in [-0.05, 0) is 50.6 Å². The minimum Gasteiger partial charge on any atom is -0.352 e. The van der Waals surface area contributed by atoms with Crippen molar-refractivity contribution in [3.05, 3.63) is 69.6 Å². The predicted octanol–water partition coefficient (Wildman–Crippen LogP) is 3.61. The molecule has 164 valence electrons. The van der Waals surface area contributed by atoms with Crippen molar-refractivity contribution in [2.45, 2.75) is 27.2 Å². The molecule has 1 aromatic carbocycles. The van der Waals surface area contributed by atoms with Crippen LogP contribution >= 0.6 is 11.6 Å². The number of rotatable bonds is 4. The third kappa shape index (κ3) is 4.19. The second-order valence-corrected chi connectivity index (χ2v) is 8.43. The number of nitriles is 1. The quantitative estimate of drug-likeness (QED) is 0.609. The molecule has 1 amide bonds. The molecule has 2 aromatic heterocycles. The number of carbonyl (C=O) groups excluding carboxylic acids is 1. The van der Waals surface area contributed by atoms with Crippen LogP contribution in [-0.4, -0.2) is 51.8 Å². The summed E-state index contributed by atoms with van der Waals surface area (Å²) in [5.41, 5.74) is 5.20. The first kappa shape index (κ1) is 21.8. The molecular weight excluding hydrogens is 424 g/mol. The van der Waals surface area contributed by atoms with E-state index >= 15 is 0 Å². The van der Waals surface area contributed by atoms with Crippen molar-refractivity contribution in [1.29, 1.82) is 5.26 Å². The van der Waals surface area contributed by atoms with Crippen LogP contribution in [0.1, 0.15) is 28.1 Å². The van der Waals surface area contributed by atoms with E-state index in [1.54, 1.807) is 18.3 Å². The van der Waals surface area contributed by atoms with Gasteiger partial charge < -0.3 is 9.80 Å². The number of nitrogens with zero attached hydrogens (tertiary/aromatic N) is 6. The number of halogens is 1. The summed E-state index contributed by atoms with van der Waals surface area (Å²) in [5.74, 6) is 0.769. The van der Waals surface area contributed by atoms with E-state index in [0.717, 1.165) is 28.2 Å².